The van der Waals surface area contributed by atoms with Crippen LogP contribution in [0.15, 0.2) is 43.0 Å². The number of H-pyrrole nitrogens is 1. The lowest BCUT2D eigenvalue weighted by Crippen LogP contribution is -2.18. The van der Waals surface area contributed by atoms with Gasteiger partial charge in [0.2, 0.25) is 5.91 Å². The van der Waals surface area contributed by atoms with Crippen LogP contribution in [-0.4, -0.2) is 30.8 Å². The Kier molecular flexibility index (Phi) is 4.09. The van der Waals surface area contributed by atoms with Crippen LogP contribution < -0.4 is 5.73 Å². The van der Waals surface area contributed by atoms with E-state index < -0.39 is 5.91 Å². The fourth-order valence-electron chi connectivity index (χ4n) is 2.52. The van der Waals surface area contributed by atoms with Gasteiger partial charge in [0, 0.05) is 19.2 Å². The number of nitrogens with one attached hydrogen (secondary N) is 1. The summed E-state index contributed by atoms with van der Waals surface area (Å²) >= 11 is 0. The molecule has 0 saturated carbocycles. The van der Waals surface area contributed by atoms with E-state index in [0.29, 0.717) is 13.0 Å². The van der Waals surface area contributed by atoms with Crippen molar-refractivity contribution in [2.24, 2.45) is 5.73 Å². The van der Waals surface area contributed by atoms with Crippen LogP contribution in [0.25, 0.3) is 0 Å². The van der Waals surface area contributed by atoms with Gasteiger partial charge < -0.3 is 15.4 Å². The maximum Gasteiger partial charge on any atom is 0.223 e. The molecule has 0 saturated heterocycles. The third kappa shape index (κ3) is 3.57. The average molecular weight is 311 g/mol. The summed E-state index contributed by atoms with van der Waals surface area (Å²) in [4.78, 5) is 15.8. The van der Waals surface area contributed by atoms with E-state index in [0.717, 1.165) is 22.5 Å². The van der Waals surface area contributed by atoms with Crippen LogP contribution in [0.2, 0.25) is 0 Å². The van der Waals surface area contributed by atoms with Crippen molar-refractivity contribution >= 4 is 5.91 Å². The van der Waals surface area contributed by atoms with Crippen molar-refractivity contribution < 1.29 is 9.90 Å². The number of amides is 1. The molecule has 0 fully saturated rings. The number of imidazole rings is 1. The molecule has 0 bridgehead atoms. The molecule has 0 atom stereocenters. The van der Waals surface area contributed by atoms with E-state index >= 15 is 0 Å². The second kappa shape index (κ2) is 6.35. The molecule has 0 aliphatic carbocycles. The number of nitrogens with two attached hydrogens (primary N) is 1. The van der Waals surface area contributed by atoms with Crippen LogP contribution >= 0.6 is 0 Å². The molecule has 0 spiro atoms. The number of aromatic amines is 1. The lowest BCUT2D eigenvalue weighted by molar-refractivity contribution is -0.117. The van der Waals surface area contributed by atoms with Crippen LogP contribution in [0.3, 0.4) is 0 Å². The van der Waals surface area contributed by atoms with Gasteiger partial charge in [-0.25, -0.2) is 4.98 Å². The predicted molar refractivity (Wildman–Crippen MR) is 83.7 cm³/mol. The van der Waals surface area contributed by atoms with Crippen molar-refractivity contribution in [2.75, 3.05) is 0 Å². The Morgan fingerprint density at radius 3 is 2.91 bits per heavy atom. The van der Waals surface area contributed by atoms with Gasteiger partial charge in [-0.05, 0) is 23.3 Å². The van der Waals surface area contributed by atoms with Gasteiger partial charge in [-0.1, -0.05) is 12.1 Å². The summed E-state index contributed by atoms with van der Waals surface area (Å²) in [7, 11) is 0. The second-order valence-electron chi connectivity index (χ2n) is 5.36. The van der Waals surface area contributed by atoms with E-state index in [9.17, 15) is 9.90 Å². The molecule has 3 aromatic rings. The Bertz CT molecular complexity index is 808. The number of phenolic OH excluding ortho intramolecular Hbond substituents is 1. The first kappa shape index (κ1) is 14.8. The summed E-state index contributed by atoms with van der Waals surface area (Å²) in [6.45, 7) is 0.509. The minimum Gasteiger partial charge on any atom is -0.508 e. The first-order chi connectivity index (χ1) is 11.1. The zero-order valence-electron chi connectivity index (χ0n) is 12.4. The lowest BCUT2D eigenvalue weighted by Gasteiger charge is -2.09. The number of aromatic hydroxyl groups is 1. The van der Waals surface area contributed by atoms with E-state index in [1.807, 2.05) is 10.6 Å². The Morgan fingerprint density at radius 1 is 1.35 bits per heavy atom. The van der Waals surface area contributed by atoms with Crippen molar-refractivity contribution in [3.8, 4) is 5.75 Å². The first-order valence-electron chi connectivity index (χ1n) is 7.18. The van der Waals surface area contributed by atoms with Crippen LogP contribution in [0.1, 0.15) is 22.5 Å². The fourth-order valence-corrected chi connectivity index (χ4v) is 2.52. The number of benzene rings is 1. The molecule has 0 radical (unpaired) electrons. The summed E-state index contributed by atoms with van der Waals surface area (Å²) in [6.07, 6.45) is 5.90. The molecular weight excluding hydrogens is 294 g/mol. The molecule has 7 nitrogen and oxygen atoms in total. The molecule has 1 amide bonds. The molecule has 4 N–H and O–H groups in total. The van der Waals surface area contributed by atoms with Gasteiger partial charge >= 0.3 is 0 Å². The van der Waals surface area contributed by atoms with Crippen molar-refractivity contribution in [1.82, 2.24) is 19.7 Å². The molecule has 2 heterocycles. The number of hydrogen-bond acceptors (Lipinski definition) is 4. The summed E-state index contributed by atoms with van der Waals surface area (Å²) in [6, 6.07) is 6.99. The molecule has 0 aliphatic rings. The monoisotopic (exact) mass is 311 g/mol. The van der Waals surface area contributed by atoms with E-state index in [1.165, 1.54) is 0 Å². The molecule has 1 aromatic carbocycles. The van der Waals surface area contributed by atoms with Crippen molar-refractivity contribution in [1.29, 1.82) is 0 Å². The average Bonchev–Trinajstić information content (AvgIpc) is 3.12. The molecule has 7 heteroatoms. The topological polar surface area (TPSA) is 110 Å². The van der Waals surface area contributed by atoms with E-state index in [1.54, 1.807) is 36.9 Å². The highest BCUT2D eigenvalue weighted by atomic mass is 16.3. The number of carbonyl (C=O) groups is 1. The minimum atomic E-state index is -0.406. The third-order valence-electron chi connectivity index (χ3n) is 3.56. The number of aromatic nitrogens is 4. The van der Waals surface area contributed by atoms with Gasteiger partial charge in [0.15, 0.2) is 0 Å². The lowest BCUT2D eigenvalue weighted by atomic mass is 10.1. The number of nitrogens with zero attached hydrogens (tertiary/aromatic N) is 3. The first-order valence-corrected chi connectivity index (χ1v) is 7.18. The second-order valence-corrected chi connectivity index (χ2v) is 5.36. The highest BCUT2D eigenvalue weighted by Gasteiger charge is 2.14. The highest BCUT2D eigenvalue weighted by molar-refractivity contribution is 5.76. The zero-order chi connectivity index (χ0) is 16.2. The van der Waals surface area contributed by atoms with E-state index in [4.69, 9.17) is 5.73 Å². The maximum atomic E-state index is 11.4. The van der Waals surface area contributed by atoms with Crippen LogP contribution in [-0.2, 0) is 24.2 Å². The van der Waals surface area contributed by atoms with Crippen molar-refractivity contribution in [3.63, 3.8) is 0 Å². The maximum absolute atomic E-state index is 11.4. The van der Waals surface area contributed by atoms with Crippen LogP contribution in [0.4, 0.5) is 0 Å². The van der Waals surface area contributed by atoms with Crippen LogP contribution in [0, 0.1) is 0 Å². The predicted octanol–water partition coefficient (Wildman–Crippen LogP) is 0.979. The van der Waals surface area contributed by atoms with Gasteiger partial charge in [-0.15, -0.1) is 0 Å². The van der Waals surface area contributed by atoms with Crippen molar-refractivity contribution in [3.05, 3.63) is 65.5 Å². The van der Waals surface area contributed by atoms with Gasteiger partial charge in [0.05, 0.1) is 30.3 Å². The summed E-state index contributed by atoms with van der Waals surface area (Å²) in [5.41, 5.74) is 8.85. The normalized spacial score (nSPS) is 10.8. The van der Waals surface area contributed by atoms with E-state index in [-0.39, 0.29) is 12.2 Å². The quantitative estimate of drug-likeness (QED) is 0.630. The fraction of sp³-hybridized carbons (Fsp3) is 0.188. The number of carbonyl (C=O) groups excluding carboxylic acids is 1. The van der Waals surface area contributed by atoms with Gasteiger partial charge in [0.25, 0.3) is 0 Å². The smallest absolute Gasteiger partial charge is 0.223 e. The molecular formula is C16H17N5O2. The number of rotatable bonds is 6. The number of primary amides is 1. The molecule has 118 valence electrons. The Balaban J connectivity index is 1.89. The van der Waals surface area contributed by atoms with Crippen molar-refractivity contribution in [2.45, 2.75) is 19.4 Å². The molecule has 2 aromatic heterocycles. The number of phenols is 1. The van der Waals surface area contributed by atoms with Crippen LogP contribution in [0.5, 0.6) is 5.75 Å². The zero-order valence-corrected chi connectivity index (χ0v) is 12.4. The molecule has 0 aliphatic heterocycles. The Labute approximate surface area is 132 Å². The van der Waals surface area contributed by atoms with Gasteiger partial charge in [0.1, 0.15) is 5.75 Å². The molecule has 3 rings (SSSR count). The SMILES string of the molecule is NC(=O)Cc1c(Cc2cn[nH]c2)ncn1Cc1cccc(O)c1. The summed E-state index contributed by atoms with van der Waals surface area (Å²) < 4.78 is 1.88. The highest BCUT2D eigenvalue weighted by Crippen LogP contribution is 2.17. The molecule has 0 unspecified atom stereocenters. The third-order valence-corrected chi connectivity index (χ3v) is 3.56. The summed E-state index contributed by atoms with van der Waals surface area (Å²) in [5.74, 6) is -0.200. The largest absolute Gasteiger partial charge is 0.508 e. The number of hydrogen-bond donors (Lipinski definition) is 3. The Morgan fingerprint density at radius 2 is 2.22 bits per heavy atom. The Hall–Kier alpha value is -3.09. The molecule has 23 heavy (non-hydrogen) atoms. The van der Waals surface area contributed by atoms with E-state index in [2.05, 4.69) is 15.2 Å². The minimum absolute atomic E-state index is 0.117. The standard InChI is InChI=1S/C16H17N5O2/c17-16(23)6-15-14(5-12-7-19-20-8-12)18-10-21(15)9-11-2-1-3-13(22)4-11/h1-4,7-8,10,22H,5-6,9H2,(H2,17,23)(H,19,20). The van der Waals surface area contributed by atoms with Gasteiger partial charge in [-0.3, -0.25) is 9.89 Å². The summed E-state index contributed by atoms with van der Waals surface area (Å²) in [5, 5.41) is 16.2. The van der Waals surface area contributed by atoms with Gasteiger partial charge in [-0.2, -0.15) is 5.10 Å².